The monoisotopic (exact) mass is 360 g/mol. The van der Waals surface area contributed by atoms with Crippen LogP contribution in [0.25, 0.3) is 0 Å². The van der Waals surface area contributed by atoms with E-state index in [1.807, 2.05) is 0 Å². The van der Waals surface area contributed by atoms with Crippen LogP contribution in [0.2, 0.25) is 0 Å². The Morgan fingerprint density at radius 2 is 1.76 bits per heavy atom. The number of benzene rings is 2. The molecular weight excluding hydrogens is 344 g/mol. The number of nitrogens with one attached hydrogen (secondary N) is 2. The SMILES string of the molecule is O=C1CCc2cc(S(=O)(=O)Nc3ccc4c(c3)OCCO4)ccc2N1. The Bertz CT molecular complexity index is 956. The quantitative estimate of drug-likeness (QED) is 0.875. The number of carbonyl (C=O) groups is 1. The lowest BCUT2D eigenvalue weighted by Gasteiger charge is -2.20. The Labute approximate surface area is 145 Å². The van der Waals surface area contributed by atoms with Crippen LogP contribution in [-0.4, -0.2) is 27.5 Å². The Kier molecular flexibility index (Phi) is 3.76. The zero-order chi connectivity index (χ0) is 17.4. The molecule has 25 heavy (non-hydrogen) atoms. The van der Waals surface area contributed by atoms with E-state index in [1.165, 1.54) is 6.07 Å². The summed E-state index contributed by atoms with van der Waals surface area (Å²) in [6, 6.07) is 9.59. The molecule has 2 aliphatic rings. The van der Waals surface area contributed by atoms with Crippen molar-refractivity contribution in [2.45, 2.75) is 17.7 Å². The van der Waals surface area contributed by atoms with Gasteiger partial charge in [-0.3, -0.25) is 9.52 Å². The van der Waals surface area contributed by atoms with E-state index in [0.29, 0.717) is 48.9 Å². The van der Waals surface area contributed by atoms with Crippen molar-refractivity contribution in [3.05, 3.63) is 42.0 Å². The fourth-order valence-electron chi connectivity index (χ4n) is 2.85. The first-order valence-electron chi connectivity index (χ1n) is 7.86. The minimum atomic E-state index is -3.75. The largest absolute Gasteiger partial charge is 0.486 e. The van der Waals surface area contributed by atoms with Crippen LogP contribution in [0.5, 0.6) is 11.5 Å². The lowest BCUT2D eigenvalue weighted by atomic mass is 10.0. The van der Waals surface area contributed by atoms with Crippen LogP contribution in [0.4, 0.5) is 11.4 Å². The summed E-state index contributed by atoms with van der Waals surface area (Å²) >= 11 is 0. The lowest BCUT2D eigenvalue weighted by Crippen LogP contribution is -2.20. The number of ether oxygens (including phenoxy) is 2. The van der Waals surface area contributed by atoms with Gasteiger partial charge in [0.2, 0.25) is 5.91 Å². The molecule has 0 aromatic heterocycles. The van der Waals surface area contributed by atoms with Gasteiger partial charge in [-0.05, 0) is 42.3 Å². The molecule has 0 aliphatic carbocycles. The number of fused-ring (bicyclic) bond motifs is 2. The predicted molar refractivity (Wildman–Crippen MR) is 91.6 cm³/mol. The highest BCUT2D eigenvalue weighted by Gasteiger charge is 2.21. The van der Waals surface area contributed by atoms with Crippen molar-refractivity contribution in [3.63, 3.8) is 0 Å². The molecule has 0 radical (unpaired) electrons. The molecule has 2 N–H and O–H groups in total. The molecule has 0 unspecified atom stereocenters. The second-order valence-electron chi connectivity index (χ2n) is 5.83. The molecule has 7 nitrogen and oxygen atoms in total. The maximum Gasteiger partial charge on any atom is 0.261 e. The van der Waals surface area contributed by atoms with Crippen molar-refractivity contribution in [1.29, 1.82) is 0 Å². The van der Waals surface area contributed by atoms with E-state index in [1.54, 1.807) is 30.3 Å². The van der Waals surface area contributed by atoms with Gasteiger partial charge in [0.25, 0.3) is 10.0 Å². The molecule has 0 saturated carbocycles. The standard InChI is InChI=1S/C17H16N2O5S/c20-17-6-1-11-9-13(3-4-14(11)18-17)25(21,22)19-12-2-5-15-16(10-12)24-8-7-23-15/h2-5,9-10,19H,1,6-8H2,(H,18,20). The molecule has 0 saturated heterocycles. The number of carbonyl (C=O) groups excluding carboxylic acids is 1. The lowest BCUT2D eigenvalue weighted by molar-refractivity contribution is -0.116. The van der Waals surface area contributed by atoms with Crippen LogP contribution in [0.15, 0.2) is 41.3 Å². The third-order valence-electron chi connectivity index (χ3n) is 4.08. The number of anilines is 2. The van der Waals surface area contributed by atoms with E-state index in [0.717, 1.165) is 5.56 Å². The summed E-state index contributed by atoms with van der Waals surface area (Å²) in [6.07, 6.45) is 0.876. The molecule has 2 aromatic rings. The topological polar surface area (TPSA) is 93.7 Å². The van der Waals surface area contributed by atoms with Gasteiger partial charge in [0.15, 0.2) is 11.5 Å². The van der Waals surface area contributed by atoms with Gasteiger partial charge in [0.1, 0.15) is 13.2 Å². The van der Waals surface area contributed by atoms with Gasteiger partial charge in [0, 0.05) is 18.2 Å². The zero-order valence-corrected chi connectivity index (χ0v) is 14.1. The first kappa shape index (κ1) is 15.8. The number of sulfonamides is 1. The van der Waals surface area contributed by atoms with E-state index in [4.69, 9.17) is 9.47 Å². The number of rotatable bonds is 3. The van der Waals surface area contributed by atoms with Crippen molar-refractivity contribution in [3.8, 4) is 11.5 Å². The maximum atomic E-state index is 12.6. The van der Waals surface area contributed by atoms with Crippen LogP contribution >= 0.6 is 0 Å². The summed E-state index contributed by atoms with van der Waals surface area (Å²) in [6.45, 7) is 0.906. The summed E-state index contributed by atoms with van der Waals surface area (Å²) in [5.41, 5.74) is 1.87. The van der Waals surface area contributed by atoms with Gasteiger partial charge in [0.05, 0.1) is 10.6 Å². The highest BCUT2D eigenvalue weighted by Crippen LogP contribution is 2.33. The minimum absolute atomic E-state index is 0.0579. The molecule has 130 valence electrons. The summed E-state index contributed by atoms with van der Waals surface area (Å²) < 4.78 is 38.7. The van der Waals surface area contributed by atoms with Crippen LogP contribution in [0.1, 0.15) is 12.0 Å². The molecule has 8 heteroatoms. The summed E-state index contributed by atoms with van der Waals surface area (Å²) in [5, 5.41) is 2.74. The third kappa shape index (κ3) is 3.12. The Balaban J connectivity index is 1.61. The van der Waals surface area contributed by atoms with Gasteiger partial charge in [-0.2, -0.15) is 0 Å². The van der Waals surface area contributed by atoms with Crippen LogP contribution in [0, 0.1) is 0 Å². The van der Waals surface area contributed by atoms with Crippen molar-refractivity contribution in [2.75, 3.05) is 23.3 Å². The van der Waals surface area contributed by atoms with Crippen molar-refractivity contribution in [1.82, 2.24) is 0 Å². The second-order valence-corrected chi connectivity index (χ2v) is 7.51. The zero-order valence-electron chi connectivity index (χ0n) is 13.2. The highest BCUT2D eigenvalue weighted by atomic mass is 32.2. The third-order valence-corrected chi connectivity index (χ3v) is 5.46. The highest BCUT2D eigenvalue weighted by molar-refractivity contribution is 7.92. The Morgan fingerprint density at radius 3 is 2.60 bits per heavy atom. The van der Waals surface area contributed by atoms with Crippen molar-refractivity contribution in [2.24, 2.45) is 0 Å². The van der Waals surface area contributed by atoms with Gasteiger partial charge in [-0.15, -0.1) is 0 Å². The smallest absolute Gasteiger partial charge is 0.261 e. The molecule has 1 amide bonds. The van der Waals surface area contributed by atoms with Crippen molar-refractivity contribution >= 4 is 27.3 Å². The minimum Gasteiger partial charge on any atom is -0.486 e. The molecule has 4 rings (SSSR count). The maximum absolute atomic E-state index is 12.6. The average Bonchev–Trinajstić information content (AvgIpc) is 2.60. The molecule has 2 aromatic carbocycles. The van der Waals surface area contributed by atoms with Gasteiger partial charge in [-0.25, -0.2) is 8.42 Å². The van der Waals surface area contributed by atoms with E-state index in [-0.39, 0.29) is 10.8 Å². The molecule has 0 bridgehead atoms. The van der Waals surface area contributed by atoms with E-state index in [2.05, 4.69) is 10.0 Å². The van der Waals surface area contributed by atoms with E-state index in [9.17, 15) is 13.2 Å². The fourth-order valence-corrected chi connectivity index (χ4v) is 3.95. The summed E-state index contributed by atoms with van der Waals surface area (Å²) in [5.74, 6) is 1.05. The summed E-state index contributed by atoms with van der Waals surface area (Å²) in [7, 11) is -3.75. The number of hydrogen-bond donors (Lipinski definition) is 2. The Hall–Kier alpha value is -2.74. The van der Waals surface area contributed by atoms with Crippen molar-refractivity contribution < 1.29 is 22.7 Å². The summed E-state index contributed by atoms with van der Waals surface area (Å²) in [4.78, 5) is 11.6. The predicted octanol–water partition coefficient (Wildman–Crippen LogP) is 2.14. The molecule has 0 spiro atoms. The number of aryl methyl sites for hydroxylation is 1. The van der Waals surface area contributed by atoms with Crippen LogP contribution in [-0.2, 0) is 21.2 Å². The molecule has 0 atom stereocenters. The number of amides is 1. The molecule has 2 aliphatic heterocycles. The van der Waals surface area contributed by atoms with Gasteiger partial charge < -0.3 is 14.8 Å². The average molecular weight is 360 g/mol. The normalized spacial score (nSPS) is 15.9. The van der Waals surface area contributed by atoms with Gasteiger partial charge in [-0.1, -0.05) is 0 Å². The molecular formula is C17H16N2O5S. The van der Waals surface area contributed by atoms with E-state index < -0.39 is 10.0 Å². The van der Waals surface area contributed by atoms with Crippen LogP contribution in [0.3, 0.4) is 0 Å². The first-order chi connectivity index (χ1) is 12.0. The molecule has 2 heterocycles. The van der Waals surface area contributed by atoms with E-state index >= 15 is 0 Å². The van der Waals surface area contributed by atoms with Crippen LogP contribution < -0.4 is 19.5 Å². The number of hydrogen-bond acceptors (Lipinski definition) is 5. The molecule has 0 fully saturated rings. The van der Waals surface area contributed by atoms with Gasteiger partial charge >= 0.3 is 0 Å². The first-order valence-corrected chi connectivity index (χ1v) is 9.35. The fraction of sp³-hybridized carbons (Fsp3) is 0.235. The Morgan fingerprint density at radius 1 is 0.960 bits per heavy atom. The second kappa shape index (κ2) is 5.96.